The van der Waals surface area contributed by atoms with Crippen LogP contribution in [0.2, 0.25) is 0 Å². The second-order valence-electron chi connectivity index (χ2n) is 5.49. The Kier molecular flexibility index (Phi) is 7.54. The first-order chi connectivity index (χ1) is 12.1. The molecule has 0 aromatic heterocycles. The van der Waals surface area contributed by atoms with E-state index in [2.05, 4.69) is 30.3 Å². The molecule has 2 aromatic rings. The fourth-order valence-corrected chi connectivity index (χ4v) is 3.46. The smallest absolute Gasteiger partial charge is 0.421 e. The number of hydrogen-bond donors (Lipinski definition) is 0. The Balaban J connectivity index is 1.92. The van der Waals surface area contributed by atoms with Crippen LogP contribution in [0.4, 0.5) is 0 Å². The number of rotatable bonds is 8. The molecule has 1 atom stereocenters. The zero-order valence-corrected chi connectivity index (χ0v) is 15.4. The first kappa shape index (κ1) is 19.1. The van der Waals surface area contributed by atoms with E-state index in [1.165, 1.54) is 5.56 Å². The summed E-state index contributed by atoms with van der Waals surface area (Å²) in [4.78, 5) is 0. The van der Waals surface area contributed by atoms with Crippen molar-refractivity contribution < 1.29 is 13.6 Å². The van der Waals surface area contributed by atoms with Crippen LogP contribution in [0.1, 0.15) is 30.9 Å². The van der Waals surface area contributed by atoms with Gasteiger partial charge < -0.3 is 4.52 Å². The lowest BCUT2D eigenvalue weighted by Gasteiger charge is -2.15. The second-order valence-corrected chi connectivity index (χ2v) is 7.15. The minimum absolute atomic E-state index is 0.262. The Morgan fingerprint density at radius 2 is 1.72 bits per heavy atom. The van der Waals surface area contributed by atoms with Gasteiger partial charge in [-0.1, -0.05) is 61.0 Å². The summed E-state index contributed by atoms with van der Waals surface area (Å²) in [6.45, 7) is 5.89. The molecule has 25 heavy (non-hydrogen) atoms. The Labute approximate surface area is 150 Å². The number of aryl methyl sites for hydroxylation is 1. The van der Waals surface area contributed by atoms with Crippen LogP contribution >= 0.6 is 7.60 Å². The van der Waals surface area contributed by atoms with Crippen LogP contribution in [0.5, 0.6) is 0 Å². The SMILES string of the molecule is C=C(CCCc1ccccc1)OP(=O)(C#Cc1ccccc1)OCC. The van der Waals surface area contributed by atoms with Crippen molar-refractivity contribution >= 4 is 7.60 Å². The Hall–Kier alpha value is -2.27. The molecule has 0 aliphatic rings. The minimum Gasteiger partial charge on any atom is -0.421 e. The van der Waals surface area contributed by atoms with Gasteiger partial charge in [0.1, 0.15) is 0 Å². The molecule has 0 bridgehead atoms. The first-order valence-electron chi connectivity index (χ1n) is 8.35. The standard InChI is InChI=1S/C21H23O3P/c1-3-23-25(22,18-17-21-14-8-5-9-15-21)24-19(2)11-10-16-20-12-6-4-7-13-20/h4-9,12-15H,2-3,10-11,16H2,1H3. The molecule has 0 spiro atoms. The van der Waals surface area contributed by atoms with E-state index in [9.17, 15) is 4.57 Å². The highest BCUT2D eigenvalue weighted by Gasteiger charge is 2.23. The van der Waals surface area contributed by atoms with Crippen molar-refractivity contribution in [3.05, 3.63) is 84.1 Å². The predicted molar refractivity (Wildman–Crippen MR) is 102 cm³/mol. The molecule has 0 aliphatic heterocycles. The number of benzene rings is 2. The molecule has 3 nitrogen and oxygen atoms in total. The Morgan fingerprint density at radius 1 is 1.08 bits per heavy atom. The van der Waals surface area contributed by atoms with Gasteiger partial charge in [-0.15, -0.1) is 0 Å². The molecule has 0 heterocycles. The molecule has 130 valence electrons. The van der Waals surface area contributed by atoms with Gasteiger partial charge in [0.15, 0.2) is 0 Å². The van der Waals surface area contributed by atoms with Crippen molar-refractivity contribution in [2.75, 3.05) is 6.61 Å². The Bertz CT molecular complexity index is 773. The predicted octanol–water partition coefficient (Wildman–Crippen LogP) is 5.78. The van der Waals surface area contributed by atoms with Crippen LogP contribution in [0.15, 0.2) is 73.0 Å². The van der Waals surface area contributed by atoms with Gasteiger partial charge in [-0.3, -0.25) is 4.52 Å². The molecular formula is C21H23O3P. The van der Waals surface area contributed by atoms with E-state index < -0.39 is 7.60 Å². The van der Waals surface area contributed by atoms with Gasteiger partial charge in [-0.25, -0.2) is 4.57 Å². The number of allylic oxidation sites excluding steroid dienone is 1. The fraction of sp³-hybridized carbons (Fsp3) is 0.238. The van der Waals surface area contributed by atoms with E-state index in [0.717, 1.165) is 18.4 Å². The lowest BCUT2D eigenvalue weighted by atomic mass is 10.1. The molecule has 0 saturated heterocycles. The molecule has 0 amide bonds. The zero-order chi connectivity index (χ0) is 18.0. The molecule has 0 fully saturated rings. The van der Waals surface area contributed by atoms with Crippen LogP contribution in [0, 0.1) is 11.6 Å². The van der Waals surface area contributed by atoms with Crippen molar-refractivity contribution in [3.63, 3.8) is 0 Å². The van der Waals surface area contributed by atoms with Gasteiger partial charge in [0.25, 0.3) is 0 Å². The second kappa shape index (κ2) is 9.89. The lowest BCUT2D eigenvalue weighted by Crippen LogP contribution is -1.95. The van der Waals surface area contributed by atoms with E-state index in [-0.39, 0.29) is 6.61 Å². The van der Waals surface area contributed by atoms with Crippen molar-refractivity contribution in [1.82, 2.24) is 0 Å². The van der Waals surface area contributed by atoms with Crippen LogP contribution in [-0.4, -0.2) is 6.61 Å². The average Bonchev–Trinajstić information content (AvgIpc) is 2.62. The molecule has 0 saturated carbocycles. The molecule has 2 aromatic carbocycles. The van der Waals surface area contributed by atoms with E-state index in [0.29, 0.717) is 12.2 Å². The largest absolute Gasteiger partial charge is 0.456 e. The van der Waals surface area contributed by atoms with Gasteiger partial charge in [-0.05, 0) is 37.5 Å². The topological polar surface area (TPSA) is 35.5 Å². The summed E-state index contributed by atoms with van der Waals surface area (Å²) in [6.07, 6.45) is 2.39. The average molecular weight is 354 g/mol. The maximum atomic E-state index is 12.8. The van der Waals surface area contributed by atoms with E-state index in [1.54, 1.807) is 6.92 Å². The van der Waals surface area contributed by atoms with Crippen molar-refractivity contribution in [2.24, 2.45) is 0 Å². The third-order valence-corrected chi connectivity index (χ3v) is 4.91. The van der Waals surface area contributed by atoms with Gasteiger partial charge in [0, 0.05) is 17.6 Å². The summed E-state index contributed by atoms with van der Waals surface area (Å²) in [7, 11) is -3.51. The first-order valence-corrected chi connectivity index (χ1v) is 9.90. The maximum Gasteiger partial charge on any atom is 0.456 e. The molecule has 2 rings (SSSR count). The third-order valence-electron chi connectivity index (χ3n) is 3.42. The summed E-state index contributed by atoms with van der Waals surface area (Å²) in [5.74, 6) is 3.29. The molecule has 0 N–H and O–H groups in total. The van der Waals surface area contributed by atoms with E-state index in [1.807, 2.05) is 48.5 Å². The molecular weight excluding hydrogens is 331 g/mol. The normalized spacial score (nSPS) is 12.5. The van der Waals surface area contributed by atoms with Crippen molar-refractivity contribution in [2.45, 2.75) is 26.2 Å². The molecule has 1 unspecified atom stereocenters. The van der Waals surface area contributed by atoms with Gasteiger partial charge in [-0.2, -0.15) is 0 Å². The Morgan fingerprint density at radius 3 is 2.36 bits per heavy atom. The zero-order valence-electron chi connectivity index (χ0n) is 14.5. The van der Waals surface area contributed by atoms with Crippen LogP contribution in [0.3, 0.4) is 0 Å². The summed E-state index contributed by atoms with van der Waals surface area (Å²) in [5.41, 5.74) is 4.67. The fourth-order valence-electron chi connectivity index (χ4n) is 2.26. The third kappa shape index (κ3) is 7.01. The minimum atomic E-state index is -3.51. The van der Waals surface area contributed by atoms with Gasteiger partial charge in [0.05, 0.1) is 12.4 Å². The van der Waals surface area contributed by atoms with E-state index in [4.69, 9.17) is 9.05 Å². The van der Waals surface area contributed by atoms with Crippen molar-refractivity contribution in [1.29, 1.82) is 0 Å². The quantitative estimate of drug-likeness (QED) is 0.342. The molecule has 4 heteroatoms. The molecule has 0 radical (unpaired) electrons. The van der Waals surface area contributed by atoms with Gasteiger partial charge >= 0.3 is 7.60 Å². The summed E-state index contributed by atoms with van der Waals surface area (Å²) < 4.78 is 23.5. The summed E-state index contributed by atoms with van der Waals surface area (Å²) in [5, 5.41) is 0. The molecule has 0 aliphatic carbocycles. The monoisotopic (exact) mass is 354 g/mol. The van der Waals surface area contributed by atoms with Crippen molar-refractivity contribution in [3.8, 4) is 11.6 Å². The van der Waals surface area contributed by atoms with E-state index >= 15 is 0 Å². The lowest BCUT2D eigenvalue weighted by molar-refractivity contribution is 0.256. The highest BCUT2D eigenvalue weighted by atomic mass is 31.2. The van der Waals surface area contributed by atoms with Crippen LogP contribution in [-0.2, 0) is 20.0 Å². The van der Waals surface area contributed by atoms with Gasteiger partial charge in [0.2, 0.25) is 0 Å². The highest BCUT2D eigenvalue weighted by Crippen LogP contribution is 2.49. The summed E-state index contributed by atoms with van der Waals surface area (Å²) >= 11 is 0. The van der Waals surface area contributed by atoms with Crippen LogP contribution < -0.4 is 0 Å². The highest BCUT2D eigenvalue weighted by molar-refractivity contribution is 7.59. The summed E-state index contributed by atoms with van der Waals surface area (Å²) in [6, 6.07) is 19.5. The van der Waals surface area contributed by atoms with Crippen LogP contribution in [0.25, 0.3) is 0 Å². The number of hydrogen-bond acceptors (Lipinski definition) is 3. The maximum absolute atomic E-state index is 12.8.